The van der Waals surface area contributed by atoms with Gasteiger partial charge in [-0.05, 0) is 35.9 Å². The number of hydrogen-bond acceptors (Lipinski definition) is 3. The number of aliphatic hydroxyl groups is 1. The van der Waals surface area contributed by atoms with Crippen LogP contribution in [-0.4, -0.2) is 13.5 Å². The molecule has 0 saturated carbocycles. The molecular weight excluding hydrogens is 307 g/mol. The average molecular weight is 317 g/mol. The fourth-order valence-electron chi connectivity index (χ4n) is 1.67. The molecule has 0 aromatic heterocycles. The van der Waals surface area contributed by atoms with Crippen molar-refractivity contribution in [1.29, 1.82) is 0 Å². The van der Waals surface area contributed by atoms with Crippen molar-refractivity contribution in [3.63, 3.8) is 0 Å². The minimum atomic E-state index is -4.46. The largest absolute Gasteiger partial charge is 0.392 e. The van der Waals surface area contributed by atoms with Crippen LogP contribution < -0.4 is 4.72 Å². The molecule has 2 rings (SSSR count). The molecule has 0 atom stereocenters. The molecule has 0 spiro atoms. The third kappa shape index (κ3) is 3.34. The predicted octanol–water partition coefficient (Wildman–Crippen LogP) is 2.40. The lowest BCUT2D eigenvalue weighted by atomic mass is 10.2. The van der Waals surface area contributed by atoms with Crippen molar-refractivity contribution in [2.75, 3.05) is 4.72 Å². The van der Waals surface area contributed by atoms with E-state index in [0.717, 1.165) is 18.2 Å². The third-order valence-electron chi connectivity index (χ3n) is 2.60. The topological polar surface area (TPSA) is 66.4 Å². The lowest BCUT2D eigenvalue weighted by Crippen LogP contribution is -2.16. The standard InChI is InChI=1S/C13H10F3NO3S/c14-9-2-1-3-10(6-9)17-21(19,20)12-5-8(7-18)4-11(15)13(12)16/h1-6,17-18H,7H2. The fourth-order valence-corrected chi connectivity index (χ4v) is 2.85. The number of aliphatic hydroxyl groups excluding tert-OH is 1. The van der Waals surface area contributed by atoms with Crippen molar-refractivity contribution in [3.8, 4) is 0 Å². The Kier molecular flexibility index (Phi) is 4.19. The van der Waals surface area contributed by atoms with Crippen LogP contribution in [0.25, 0.3) is 0 Å². The maximum atomic E-state index is 13.6. The zero-order valence-corrected chi connectivity index (χ0v) is 11.3. The zero-order valence-electron chi connectivity index (χ0n) is 10.5. The van der Waals surface area contributed by atoms with Crippen LogP contribution in [0.3, 0.4) is 0 Å². The normalized spacial score (nSPS) is 11.4. The minimum absolute atomic E-state index is 0.103. The first-order valence-corrected chi connectivity index (χ1v) is 7.19. The van der Waals surface area contributed by atoms with Crippen molar-refractivity contribution in [2.45, 2.75) is 11.5 Å². The SMILES string of the molecule is O=S(=O)(Nc1cccc(F)c1)c1cc(CO)cc(F)c1F. The number of anilines is 1. The van der Waals surface area contributed by atoms with Crippen molar-refractivity contribution in [1.82, 2.24) is 0 Å². The highest BCUT2D eigenvalue weighted by Gasteiger charge is 2.23. The Morgan fingerprint density at radius 1 is 1.10 bits per heavy atom. The van der Waals surface area contributed by atoms with Gasteiger partial charge in [-0.2, -0.15) is 0 Å². The summed E-state index contributed by atoms with van der Waals surface area (Å²) in [4.78, 5) is -0.962. The molecule has 0 unspecified atom stereocenters. The number of sulfonamides is 1. The van der Waals surface area contributed by atoms with Crippen molar-refractivity contribution in [3.05, 3.63) is 59.4 Å². The molecule has 0 amide bonds. The number of rotatable bonds is 4. The van der Waals surface area contributed by atoms with Crippen LogP contribution in [0.1, 0.15) is 5.56 Å². The van der Waals surface area contributed by atoms with Crippen molar-refractivity contribution < 1.29 is 26.7 Å². The Labute approximate surface area is 118 Å². The quantitative estimate of drug-likeness (QED) is 0.910. The highest BCUT2D eigenvalue weighted by Crippen LogP contribution is 2.23. The van der Waals surface area contributed by atoms with Crippen molar-refractivity contribution in [2.24, 2.45) is 0 Å². The fraction of sp³-hybridized carbons (Fsp3) is 0.0769. The molecule has 0 saturated heterocycles. The average Bonchev–Trinajstić information content (AvgIpc) is 2.41. The smallest absolute Gasteiger partial charge is 0.264 e. The van der Waals surface area contributed by atoms with Crippen LogP contribution in [0, 0.1) is 17.5 Å². The van der Waals surface area contributed by atoms with Crippen LogP contribution >= 0.6 is 0 Å². The first-order chi connectivity index (χ1) is 9.83. The van der Waals surface area contributed by atoms with E-state index < -0.39 is 39.0 Å². The Morgan fingerprint density at radius 3 is 2.43 bits per heavy atom. The zero-order chi connectivity index (χ0) is 15.6. The van der Waals surface area contributed by atoms with Gasteiger partial charge in [-0.25, -0.2) is 21.6 Å². The summed E-state index contributed by atoms with van der Waals surface area (Å²) < 4.78 is 66.0. The highest BCUT2D eigenvalue weighted by atomic mass is 32.2. The molecule has 2 aromatic carbocycles. The molecule has 21 heavy (non-hydrogen) atoms. The van der Waals surface area contributed by atoms with E-state index in [9.17, 15) is 21.6 Å². The van der Waals surface area contributed by atoms with E-state index in [0.29, 0.717) is 6.07 Å². The first kappa shape index (κ1) is 15.3. The molecule has 112 valence electrons. The van der Waals surface area contributed by atoms with Gasteiger partial charge in [-0.15, -0.1) is 0 Å². The summed E-state index contributed by atoms with van der Waals surface area (Å²) in [5.41, 5.74) is -0.238. The first-order valence-electron chi connectivity index (χ1n) is 5.70. The molecule has 0 aliphatic rings. The second-order valence-corrected chi connectivity index (χ2v) is 5.81. The van der Waals surface area contributed by atoms with Crippen molar-refractivity contribution >= 4 is 15.7 Å². The minimum Gasteiger partial charge on any atom is -0.392 e. The van der Waals surface area contributed by atoms with E-state index in [1.807, 2.05) is 4.72 Å². The number of benzene rings is 2. The molecule has 2 aromatic rings. The number of nitrogens with one attached hydrogen (secondary N) is 1. The van der Waals surface area contributed by atoms with E-state index >= 15 is 0 Å². The summed E-state index contributed by atoms with van der Waals surface area (Å²) in [7, 11) is -4.46. The highest BCUT2D eigenvalue weighted by molar-refractivity contribution is 7.92. The molecule has 0 radical (unpaired) electrons. The van der Waals surface area contributed by atoms with Gasteiger partial charge in [0.25, 0.3) is 10.0 Å². The molecule has 4 nitrogen and oxygen atoms in total. The van der Waals surface area contributed by atoms with Gasteiger partial charge in [0, 0.05) is 0 Å². The lowest BCUT2D eigenvalue weighted by Gasteiger charge is -2.10. The van der Waals surface area contributed by atoms with Gasteiger partial charge in [0.05, 0.1) is 12.3 Å². The number of hydrogen-bond donors (Lipinski definition) is 2. The Hall–Kier alpha value is -2.06. The second kappa shape index (κ2) is 5.74. The van der Waals surface area contributed by atoms with E-state index in [1.165, 1.54) is 12.1 Å². The summed E-state index contributed by atoms with van der Waals surface area (Å²) in [5, 5.41) is 8.92. The van der Waals surface area contributed by atoms with Gasteiger partial charge >= 0.3 is 0 Å². The third-order valence-corrected chi connectivity index (χ3v) is 3.98. The number of halogens is 3. The molecular formula is C13H10F3NO3S. The predicted molar refractivity (Wildman–Crippen MR) is 69.5 cm³/mol. The van der Waals surface area contributed by atoms with Crippen LogP contribution in [0.2, 0.25) is 0 Å². The summed E-state index contributed by atoms with van der Waals surface area (Å²) in [6.45, 7) is -0.653. The molecule has 0 heterocycles. The van der Waals surface area contributed by atoms with Gasteiger partial charge in [0.15, 0.2) is 11.6 Å². The maximum absolute atomic E-state index is 13.6. The summed E-state index contributed by atoms with van der Waals surface area (Å²) in [5.74, 6) is -3.66. The van der Waals surface area contributed by atoms with Gasteiger partial charge in [-0.1, -0.05) is 6.07 Å². The maximum Gasteiger partial charge on any atom is 0.264 e. The molecule has 2 N–H and O–H groups in total. The summed E-state index contributed by atoms with van der Waals surface area (Å²) in [6, 6.07) is 6.00. The molecule has 0 aliphatic carbocycles. The van der Waals surface area contributed by atoms with Gasteiger partial charge in [0.2, 0.25) is 0 Å². The van der Waals surface area contributed by atoms with Crippen LogP contribution in [-0.2, 0) is 16.6 Å². The van der Waals surface area contributed by atoms with Crippen LogP contribution in [0.4, 0.5) is 18.9 Å². The van der Waals surface area contributed by atoms with Gasteiger partial charge in [-0.3, -0.25) is 4.72 Å². The van der Waals surface area contributed by atoms with E-state index in [-0.39, 0.29) is 11.3 Å². The van der Waals surface area contributed by atoms with E-state index in [2.05, 4.69) is 0 Å². The second-order valence-electron chi connectivity index (χ2n) is 4.16. The van der Waals surface area contributed by atoms with Crippen LogP contribution in [0.15, 0.2) is 41.3 Å². The Balaban J connectivity index is 2.47. The van der Waals surface area contributed by atoms with Gasteiger partial charge < -0.3 is 5.11 Å². The van der Waals surface area contributed by atoms with Crippen LogP contribution in [0.5, 0.6) is 0 Å². The molecule has 8 heteroatoms. The van der Waals surface area contributed by atoms with E-state index in [1.54, 1.807) is 0 Å². The van der Waals surface area contributed by atoms with E-state index in [4.69, 9.17) is 5.11 Å². The monoisotopic (exact) mass is 317 g/mol. The Bertz CT molecular complexity index is 778. The molecule has 0 fully saturated rings. The lowest BCUT2D eigenvalue weighted by molar-refractivity contribution is 0.280. The summed E-state index contributed by atoms with van der Waals surface area (Å²) >= 11 is 0. The molecule has 0 aliphatic heterocycles. The van der Waals surface area contributed by atoms with Gasteiger partial charge in [0.1, 0.15) is 10.7 Å². The molecule has 0 bridgehead atoms. The summed E-state index contributed by atoms with van der Waals surface area (Å²) in [6.07, 6.45) is 0. The Morgan fingerprint density at radius 2 is 1.81 bits per heavy atom.